The summed E-state index contributed by atoms with van der Waals surface area (Å²) >= 11 is 3.59. The van der Waals surface area contributed by atoms with Gasteiger partial charge in [0.05, 0.1) is 0 Å². The Labute approximate surface area is 113 Å². The van der Waals surface area contributed by atoms with Crippen LogP contribution in [0.3, 0.4) is 0 Å². The van der Waals surface area contributed by atoms with Gasteiger partial charge in [-0.3, -0.25) is 0 Å². The first-order valence-corrected chi connectivity index (χ1v) is 7.10. The van der Waals surface area contributed by atoms with E-state index < -0.39 is 0 Å². The molecule has 0 saturated carbocycles. The van der Waals surface area contributed by atoms with Crippen LogP contribution >= 0.6 is 15.9 Å². The number of nitrogens with one attached hydrogen (secondary N) is 1. The highest BCUT2D eigenvalue weighted by atomic mass is 79.9. The lowest BCUT2D eigenvalue weighted by atomic mass is 10.0. The third-order valence-corrected chi connectivity index (χ3v) is 3.47. The van der Waals surface area contributed by atoms with E-state index in [4.69, 9.17) is 0 Å². The zero-order chi connectivity index (χ0) is 12.7. The van der Waals surface area contributed by atoms with Gasteiger partial charge in [-0.1, -0.05) is 66.5 Å². The fraction of sp³-hybridized carbons (Fsp3) is 0.467. The van der Waals surface area contributed by atoms with Gasteiger partial charge in [-0.2, -0.15) is 0 Å². The molecule has 1 rings (SSSR count). The molecule has 0 atom stereocenters. The lowest BCUT2D eigenvalue weighted by Gasteiger charge is -2.13. The van der Waals surface area contributed by atoms with Crippen molar-refractivity contribution >= 4 is 22.0 Å². The summed E-state index contributed by atoms with van der Waals surface area (Å²) in [5.74, 6) is 0.575. The molecular formula is C15H22BrN. The van der Waals surface area contributed by atoms with Crippen LogP contribution in [-0.4, -0.2) is 13.1 Å². The maximum absolute atomic E-state index is 3.59. The normalized spacial score (nSPS) is 12.2. The molecule has 94 valence electrons. The number of hydrogen-bond acceptors (Lipinski definition) is 1. The molecule has 0 amide bonds. The van der Waals surface area contributed by atoms with Gasteiger partial charge in [0.1, 0.15) is 0 Å². The molecule has 1 N–H and O–H groups in total. The Hall–Kier alpha value is -0.600. The summed E-state index contributed by atoms with van der Waals surface area (Å²) in [4.78, 5) is 0. The van der Waals surface area contributed by atoms with Crippen molar-refractivity contribution in [3.63, 3.8) is 0 Å². The zero-order valence-corrected chi connectivity index (χ0v) is 12.5. The summed E-state index contributed by atoms with van der Waals surface area (Å²) in [6.45, 7) is 8.75. The summed E-state index contributed by atoms with van der Waals surface area (Å²) in [6, 6.07) is 8.36. The van der Waals surface area contributed by atoms with Gasteiger partial charge in [0.25, 0.3) is 0 Å². The fourth-order valence-corrected chi connectivity index (χ4v) is 2.02. The quantitative estimate of drug-likeness (QED) is 0.763. The van der Waals surface area contributed by atoms with Crippen molar-refractivity contribution in [3.05, 3.63) is 39.9 Å². The summed E-state index contributed by atoms with van der Waals surface area (Å²) in [6.07, 6.45) is 3.47. The second-order valence-corrected chi connectivity index (χ2v) is 5.43. The van der Waals surface area contributed by atoms with Crippen molar-refractivity contribution in [1.29, 1.82) is 0 Å². The van der Waals surface area contributed by atoms with Gasteiger partial charge >= 0.3 is 0 Å². The molecule has 17 heavy (non-hydrogen) atoms. The van der Waals surface area contributed by atoms with E-state index in [0.29, 0.717) is 5.92 Å². The minimum absolute atomic E-state index is 0.575. The third-order valence-electron chi connectivity index (χ3n) is 2.74. The van der Waals surface area contributed by atoms with Crippen LogP contribution in [-0.2, 0) is 0 Å². The van der Waals surface area contributed by atoms with Gasteiger partial charge in [0, 0.05) is 11.0 Å². The highest BCUT2D eigenvalue weighted by Crippen LogP contribution is 2.21. The summed E-state index contributed by atoms with van der Waals surface area (Å²) in [7, 11) is 0. The number of halogens is 1. The highest BCUT2D eigenvalue weighted by Gasteiger charge is 2.04. The van der Waals surface area contributed by atoms with Crippen LogP contribution in [0, 0.1) is 5.92 Å². The Kier molecular flexibility index (Phi) is 6.53. The van der Waals surface area contributed by atoms with Crippen molar-refractivity contribution in [2.45, 2.75) is 27.2 Å². The lowest BCUT2D eigenvalue weighted by Crippen LogP contribution is -2.19. The zero-order valence-electron chi connectivity index (χ0n) is 11.0. The van der Waals surface area contributed by atoms with Crippen molar-refractivity contribution in [2.24, 2.45) is 5.92 Å². The Balaban J connectivity index is 2.79. The average Bonchev–Trinajstić information content (AvgIpc) is 2.30. The highest BCUT2D eigenvalue weighted by molar-refractivity contribution is 9.10. The molecule has 0 aliphatic heterocycles. The molecule has 0 bridgehead atoms. The van der Waals surface area contributed by atoms with E-state index in [-0.39, 0.29) is 0 Å². The van der Waals surface area contributed by atoms with Crippen LogP contribution in [0.2, 0.25) is 0 Å². The van der Waals surface area contributed by atoms with Gasteiger partial charge < -0.3 is 5.32 Å². The van der Waals surface area contributed by atoms with Crippen molar-refractivity contribution < 1.29 is 0 Å². The van der Waals surface area contributed by atoms with Crippen molar-refractivity contribution in [1.82, 2.24) is 5.32 Å². The third kappa shape index (κ3) is 5.05. The van der Waals surface area contributed by atoms with Crippen LogP contribution in [0.5, 0.6) is 0 Å². The molecule has 1 aromatic rings. The molecule has 1 nitrogen and oxygen atoms in total. The predicted octanol–water partition coefficient (Wildman–Crippen LogP) is 4.49. The van der Waals surface area contributed by atoms with E-state index in [1.807, 2.05) is 6.07 Å². The van der Waals surface area contributed by atoms with Crippen LogP contribution in [0.15, 0.2) is 34.3 Å². The van der Waals surface area contributed by atoms with Gasteiger partial charge in [0.2, 0.25) is 0 Å². The van der Waals surface area contributed by atoms with Crippen LogP contribution < -0.4 is 5.32 Å². The first kappa shape index (κ1) is 14.5. The largest absolute Gasteiger partial charge is 0.313 e. The maximum Gasteiger partial charge on any atom is 0.0247 e. The summed E-state index contributed by atoms with van der Waals surface area (Å²) in [5, 5.41) is 3.47. The second-order valence-electron chi connectivity index (χ2n) is 4.57. The van der Waals surface area contributed by atoms with Gasteiger partial charge in [-0.15, -0.1) is 0 Å². The number of hydrogen-bond donors (Lipinski definition) is 1. The standard InChI is InChI=1S/C15H22BrN/c1-4-9-17-11-14(12(2)3)10-13-7-5-6-8-15(13)16/h5-8,10,12,17H,4,9,11H2,1-3H3. The Morgan fingerprint density at radius 1 is 1.35 bits per heavy atom. The molecule has 0 fully saturated rings. The molecule has 1 aromatic carbocycles. The first-order chi connectivity index (χ1) is 8.15. The van der Waals surface area contributed by atoms with Crippen molar-refractivity contribution in [3.8, 4) is 0 Å². The molecule has 0 radical (unpaired) electrons. The monoisotopic (exact) mass is 295 g/mol. The second kappa shape index (κ2) is 7.67. The molecule has 0 unspecified atom stereocenters. The molecule has 0 saturated heterocycles. The molecule has 0 aromatic heterocycles. The van der Waals surface area contributed by atoms with Crippen LogP contribution in [0.25, 0.3) is 6.08 Å². The average molecular weight is 296 g/mol. The maximum atomic E-state index is 3.59. The van der Waals surface area contributed by atoms with Gasteiger partial charge in [-0.25, -0.2) is 0 Å². The Morgan fingerprint density at radius 2 is 2.06 bits per heavy atom. The molecular weight excluding hydrogens is 274 g/mol. The SMILES string of the molecule is CCCNCC(=Cc1ccccc1Br)C(C)C. The van der Waals surface area contributed by atoms with E-state index in [0.717, 1.165) is 17.6 Å². The summed E-state index contributed by atoms with van der Waals surface area (Å²) < 4.78 is 1.16. The molecule has 0 spiro atoms. The molecule has 2 heteroatoms. The summed E-state index contributed by atoms with van der Waals surface area (Å²) in [5.41, 5.74) is 2.71. The predicted molar refractivity (Wildman–Crippen MR) is 80.1 cm³/mol. The number of rotatable bonds is 6. The van der Waals surface area contributed by atoms with E-state index in [1.165, 1.54) is 17.6 Å². The van der Waals surface area contributed by atoms with Crippen LogP contribution in [0.1, 0.15) is 32.8 Å². The molecule has 0 aliphatic carbocycles. The van der Waals surface area contributed by atoms with Crippen LogP contribution in [0.4, 0.5) is 0 Å². The number of benzene rings is 1. The van der Waals surface area contributed by atoms with E-state index >= 15 is 0 Å². The fourth-order valence-electron chi connectivity index (χ4n) is 1.62. The van der Waals surface area contributed by atoms with E-state index in [9.17, 15) is 0 Å². The van der Waals surface area contributed by atoms with E-state index in [1.54, 1.807) is 0 Å². The van der Waals surface area contributed by atoms with Gasteiger partial charge in [0.15, 0.2) is 0 Å². The van der Waals surface area contributed by atoms with Crippen molar-refractivity contribution in [2.75, 3.05) is 13.1 Å². The molecule has 0 heterocycles. The minimum Gasteiger partial charge on any atom is -0.313 e. The van der Waals surface area contributed by atoms with Gasteiger partial charge in [-0.05, 0) is 30.5 Å². The first-order valence-electron chi connectivity index (χ1n) is 6.30. The van der Waals surface area contributed by atoms with E-state index in [2.05, 4.69) is 66.3 Å². The molecule has 0 aliphatic rings. The minimum atomic E-state index is 0.575. The Bertz CT molecular complexity index is 369. The topological polar surface area (TPSA) is 12.0 Å². The lowest BCUT2D eigenvalue weighted by molar-refractivity contribution is 0.657. The Morgan fingerprint density at radius 3 is 2.65 bits per heavy atom. The smallest absolute Gasteiger partial charge is 0.0247 e.